The molecule has 188 valence electrons. The summed E-state index contributed by atoms with van der Waals surface area (Å²) in [4.78, 5) is 23.9. The molecule has 3 heterocycles. The van der Waals surface area contributed by atoms with Crippen molar-refractivity contribution in [3.8, 4) is 11.3 Å². The van der Waals surface area contributed by atoms with Gasteiger partial charge >= 0.3 is 0 Å². The lowest BCUT2D eigenvalue weighted by atomic mass is 10.1. The summed E-state index contributed by atoms with van der Waals surface area (Å²) in [5.74, 6) is 0.263. The second-order valence-corrected chi connectivity index (χ2v) is 11.0. The van der Waals surface area contributed by atoms with Gasteiger partial charge in [-0.05, 0) is 49.8 Å². The Bertz CT molecular complexity index is 1370. The number of nitrogens with one attached hydrogen (secondary N) is 2. The maximum absolute atomic E-state index is 13.2. The van der Waals surface area contributed by atoms with Crippen molar-refractivity contribution in [1.29, 1.82) is 0 Å². The number of sulfonamides is 1. The van der Waals surface area contributed by atoms with Crippen LogP contribution in [0.15, 0.2) is 59.6 Å². The zero-order valence-electron chi connectivity index (χ0n) is 20.4. The van der Waals surface area contributed by atoms with Gasteiger partial charge in [-0.1, -0.05) is 32.0 Å². The number of carbonyl (C=O) groups excluding carboxylic acids is 1. The second kappa shape index (κ2) is 9.96. The van der Waals surface area contributed by atoms with Crippen LogP contribution in [0, 0.1) is 0 Å². The Balaban J connectivity index is 1.34. The van der Waals surface area contributed by atoms with Gasteiger partial charge in [0.15, 0.2) is 0 Å². The highest BCUT2D eigenvalue weighted by Gasteiger charge is 2.34. The molecule has 3 aromatic rings. The van der Waals surface area contributed by atoms with E-state index in [0.717, 1.165) is 30.6 Å². The number of hydrogen-bond donors (Lipinski definition) is 2. The molecule has 9 nitrogen and oxygen atoms in total. The van der Waals surface area contributed by atoms with E-state index in [1.807, 2.05) is 24.3 Å². The molecule has 0 aliphatic carbocycles. The number of likely N-dealkylation sites (N-methyl/N-ethyl adjacent to an activating group) is 1. The van der Waals surface area contributed by atoms with Crippen molar-refractivity contribution in [1.82, 2.24) is 19.2 Å². The van der Waals surface area contributed by atoms with Gasteiger partial charge in [0.25, 0.3) is 0 Å². The molecule has 1 amide bonds. The average Bonchev–Trinajstić information content (AvgIpc) is 3.32. The Morgan fingerprint density at radius 3 is 2.61 bits per heavy atom. The van der Waals surface area contributed by atoms with Crippen molar-refractivity contribution < 1.29 is 13.2 Å². The van der Waals surface area contributed by atoms with Crippen LogP contribution in [-0.2, 0) is 21.2 Å². The molecule has 1 atom stereocenters. The van der Waals surface area contributed by atoms with E-state index in [0.29, 0.717) is 36.1 Å². The normalized spacial score (nSPS) is 17.9. The number of para-hydroxylation sites is 1. The summed E-state index contributed by atoms with van der Waals surface area (Å²) < 4.78 is 28.0. The van der Waals surface area contributed by atoms with Gasteiger partial charge in [-0.3, -0.25) is 9.69 Å². The predicted molar refractivity (Wildman–Crippen MR) is 140 cm³/mol. The van der Waals surface area contributed by atoms with Gasteiger partial charge in [0.1, 0.15) is 0 Å². The van der Waals surface area contributed by atoms with Gasteiger partial charge in [0.2, 0.25) is 21.9 Å². The van der Waals surface area contributed by atoms with E-state index in [1.54, 1.807) is 34.8 Å². The molecule has 36 heavy (non-hydrogen) atoms. The summed E-state index contributed by atoms with van der Waals surface area (Å²) in [5, 5.41) is 6.07. The van der Waals surface area contributed by atoms with Gasteiger partial charge in [0.05, 0.1) is 22.7 Å². The monoisotopic (exact) mass is 506 g/mol. The Morgan fingerprint density at radius 1 is 1.11 bits per heavy atom. The highest BCUT2D eigenvalue weighted by atomic mass is 32.2. The number of hydrogen-bond acceptors (Lipinski definition) is 7. The molecule has 10 heteroatoms. The molecule has 0 spiro atoms. The Hall–Kier alpha value is -3.34. The average molecular weight is 507 g/mol. The smallest absolute Gasteiger partial charge is 0.243 e. The molecule has 2 aliphatic rings. The highest BCUT2D eigenvalue weighted by molar-refractivity contribution is 7.89. The molecule has 5 rings (SSSR count). The largest absolute Gasteiger partial charge is 0.325 e. The molecule has 2 aromatic carbocycles. The zero-order valence-corrected chi connectivity index (χ0v) is 21.3. The van der Waals surface area contributed by atoms with E-state index in [2.05, 4.69) is 39.3 Å². The third-order valence-electron chi connectivity index (χ3n) is 6.87. The summed E-state index contributed by atoms with van der Waals surface area (Å²) in [6, 6.07) is 14.5. The van der Waals surface area contributed by atoms with Gasteiger partial charge in [-0.25, -0.2) is 18.4 Å². The predicted octanol–water partition coefficient (Wildman–Crippen LogP) is 3.49. The lowest BCUT2D eigenvalue weighted by molar-refractivity contribution is -0.115. The van der Waals surface area contributed by atoms with Gasteiger partial charge in [-0.2, -0.15) is 4.31 Å². The first-order valence-corrected chi connectivity index (χ1v) is 13.7. The van der Waals surface area contributed by atoms with Crippen molar-refractivity contribution in [2.45, 2.75) is 37.6 Å². The van der Waals surface area contributed by atoms with Crippen LogP contribution in [-0.4, -0.2) is 65.7 Å². The zero-order chi connectivity index (χ0) is 25.3. The fourth-order valence-electron chi connectivity index (χ4n) is 4.95. The minimum Gasteiger partial charge on any atom is -0.325 e. The van der Waals surface area contributed by atoms with Crippen LogP contribution in [0.5, 0.6) is 0 Å². The van der Waals surface area contributed by atoms with E-state index in [-0.39, 0.29) is 23.3 Å². The molecular weight excluding hydrogens is 476 g/mol. The summed E-state index contributed by atoms with van der Waals surface area (Å²) >= 11 is 0. The molecule has 0 bridgehead atoms. The minimum atomic E-state index is -3.56. The van der Waals surface area contributed by atoms with Crippen molar-refractivity contribution in [3.05, 3.63) is 60.3 Å². The Morgan fingerprint density at radius 2 is 1.86 bits per heavy atom. The lowest BCUT2D eigenvalue weighted by Gasteiger charge is -2.26. The third-order valence-corrected chi connectivity index (χ3v) is 8.75. The van der Waals surface area contributed by atoms with Crippen LogP contribution >= 0.6 is 0 Å². The minimum absolute atomic E-state index is 0.108. The van der Waals surface area contributed by atoms with Crippen LogP contribution in [0.1, 0.15) is 25.8 Å². The molecule has 1 aromatic heterocycles. The number of amides is 1. The standard InChI is InChI=1S/C26H30N6O3S/c1-3-31(4-2)20-13-14-32(17-20)36(34,35)21-11-9-19(10-12-21)28-26-27-16-18-15-24(33)29-23-8-6-5-7-22(23)25(18)30-26/h5-12,16,20H,3-4,13-15,17H2,1-2H3,(H,29,33)(H,27,28,30). The topological polar surface area (TPSA) is 108 Å². The summed E-state index contributed by atoms with van der Waals surface area (Å²) in [6.07, 6.45) is 2.70. The van der Waals surface area contributed by atoms with E-state index < -0.39 is 10.0 Å². The summed E-state index contributed by atoms with van der Waals surface area (Å²) in [6.45, 7) is 7.10. The quantitative estimate of drug-likeness (QED) is 0.505. The number of aromatic nitrogens is 2. The van der Waals surface area contributed by atoms with Gasteiger partial charge < -0.3 is 10.6 Å². The number of carbonyl (C=O) groups is 1. The molecule has 1 saturated heterocycles. The molecule has 2 aliphatic heterocycles. The van der Waals surface area contributed by atoms with E-state index in [4.69, 9.17) is 0 Å². The summed E-state index contributed by atoms with van der Waals surface area (Å²) in [5.41, 5.74) is 3.66. The first-order chi connectivity index (χ1) is 17.4. The number of anilines is 3. The van der Waals surface area contributed by atoms with Crippen LogP contribution in [0.2, 0.25) is 0 Å². The Kier molecular flexibility index (Phi) is 6.74. The first kappa shape index (κ1) is 24.4. The van der Waals surface area contributed by atoms with Gasteiger partial charge in [-0.15, -0.1) is 0 Å². The number of rotatable bonds is 7. The maximum atomic E-state index is 13.2. The molecule has 2 N–H and O–H groups in total. The first-order valence-electron chi connectivity index (χ1n) is 12.3. The second-order valence-electron chi connectivity index (χ2n) is 9.01. The van der Waals surface area contributed by atoms with E-state index in [1.165, 1.54) is 0 Å². The SMILES string of the molecule is CCN(CC)C1CCN(S(=O)(=O)c2ccc(Nc3ncc4c(n3)-c3ccccc3NC(=O)C4)cc2)C1. The van der Waals surface area contributed by atoms with Crippen molar-refractivity contribution in [2.75, 3.05) is 36.8 Å². The highest BCUT2D eigenvalue weighted by Crippen LogP contribution is 2.33. The number of nitrogens with zero attached hydrogens (tertiary/aromatic N) is 4. The van der Waals surface area contributed by atoms with Crippen molar-refractivity contribution >= 4 is 33.3 Å². The van der Waals surface area contributed by atoms with Crippen LogP contribution in [0.4, 0.5) is 17.3 Å². The van der Waals surface area contributed by atoms with Crippen LogP contribution in [0.25, 0.3) is 11.3 Å². The molecule has 0 radical (unpaired) electrons. The van der Waals surface area contributed by atoms with Crippen LogP contribution in [0.3, 0.4) is 0 Å². The molecular formula is C26H30N6O3S. The van der Waals surface area contributed by atoms with Crippen molar-refractivity contribution in [2.24, 2.45) is 0 Å². The fraction of sp³-hybridized carbons (Fsp3) is 0.346. The molecule has 0 saturated carbocycles. The molecule has 1 unspecified atom stereocenters. The van der Waals surface area contributed by atoms with Crippen LogP contribution < -0.4 is 10.6 Å². The summed E-state index contributed by atoms with van der Waals surface area (Å²) in [7, 11) is -3.56. The number of benzene rings is 2. The number of fused-ring (bicyclic) bond motifs is 3. The van der Waals surface area contributed by atoms with E-state index >= 15 is 0 Å². The Labute approximate surface area is 211 Å². The van der Waals surface area contributed by atoms with Crippen molar-refractivity contribution in [3.63, 3.8) is 0 Å². The third kappa shape index (κ3) is 4.71. The van der Waals surface area contributed by atoms with E-state index in [9.17, 15) is 13.2 Å². The van der Waals surface area contributed by atoms with Gasteiger partial charge in [0, 0.05) is 42.1 Å². The fourth-order valence-corrected chi connectivity index (χ4v) is 6.44. The lowest BCUT2D eigenvalue weighted by Crippen LogP contribution is -2.38. The molecule has 1 fully saturated rings. The maximum Gasteiger partial charge on any atom is 0.243 e.